The zero-order valence-electron chi connectivity index (χ0n) is 12.7. The largest absolute Gasteiger partial charge is 0.378 e. The normalized spacial score (nSPS) is 26.0. The van der Waals surface area contributed by atoms with Crippen molar-refractivity contribution in [3.63, 3.8) is 0 Å². The molecule has 3 nitrogen and oxygen atoms in total. The Balaban J connectivity index is 1.84. The third kappa shape index (κ3) is 1.44. The van der Waals surface area contributed by atoms with E-state index in [9.17, 15) is 0 Å². The molecule has 2 aromatic carbocycles. The van der Waals surface area contributed by atoms with Crippen molar-refractivity contribution in [3.8, 4) is 0 Å². The standard InChI is InChI=1S/C19H19N3/c1-12-10-14-13-6-2-4-8-16(13)21-18(14)19(22-12)11-20-17-9-5-3-7-15(17)19/h2-9,12,20-22H,10-11H2,1H3/p+1/t12-,19+/m1/s1. The molecule has 5 rings (SSSR count). The first-order chi connectivity index (χ1) is 10.8. The first-order valence-corrected chi connectivity index (χ1v) is 8.07. The maximum atomic E-state index is 3.74. The number of fused-ring (bicyclic) bond motifs is 6. The smallest absolute Gasteiger partial charge is 0.182 e. The highest BCUT2D eigenvalue weighted by Gasteiger charge is 2.50. The van der Waals surface area contributed by atoms with Gasteiger partial charge in [0.15, 0.2) is 5.54 Å². The summed E-state index contributed by atoms with van der Waals surface area (Å²) in [6.07, 6.45) is 1.13. The fourth-order valence-electron chi connectivity index (χ4n) is 4.47. The Morgan fingerprint density at radius 2 is 1.91 bits per heavy atom. The predicted octanol–water partition coefficient (Wildman–Crippen LogP) is 2.34. The summed E-state index contributed by atoms with van der Waals surface area (Å²) < 4.78 is 0. The molecule has 0 fully saturated rings. The molecule has 0 unspecified atom stereocenters. The van der Waals surface area contributed by atoms with Gasteiger partial charge < -0.3 is 15.6 Å². The lowest BCUT2D eigenvalue weighted by Crippen LogP contribution is -3.01. The van der Waals surface area contributed by atoms with Gasteiger partial charge in [-0.3, -0.25) is 0 Å². The van der Waals surface area contributed by atoms with Crippen LogP contribution in [-0.2, 0) is 12.0 Å². The molecule has 4 N–H and O–H groups in total. The zero-order valence-corrected chi connectivity index (χ0v) is 12.7. The van der Waals surface area contributed by atoms with Crippen molar-refractivity contribution in [1.29, 1.82) is 0 Å². The lowest BCUT2D eigenvalue weighted by atomic mass is 9.80. The molecule has 0 saturated carbocycles. The number of aromatic amines is 1. The summed E-state index contributed by atoms with van der Waals surface area (Å²) in [5.74, 6) is 0. The van der Waals surface area contributed by atoms with E-state index in [0.717, 1.165) is 13.0 Å². The van der Waals surface area contributed by atoms with Gasteiger partial charge in [0.1, 0.15) is 0 Å². The molecular weight excluding hydrogens is 270 g/mol. The number of H-pyrrole nitrogens is 1. The molecule has 3 aromatic rings. The number of hydrogen-bond donors (Lipinski definition) is 3. The first-order valence-electron chi connectivity index (χ1n) is 8.07. The zero-order chi connectivity index (χ0) is 14.7. The van der Waals surface area contributed by atoms with E-state index in [0.29, 0.717) is 6.04 Å². The molecular formula is C19H20N3+. The highest BCUT2D eigenvalue weighted by Crippen LogP contribution is 2.41. The summed E-state index contributed by atoms with van der Waals surface area (Å²) in [6, 6.07) is 18.0. The molecule has 0 amide bonds. The predicted molar refractivity (Wildman–Crippen MR) is 89.1 cm³/mol. The van der Waals surface area contributed by atoms with Gasteiger partial charge in [-0.05, 0) is 24.6 Å². The Morgan fingerprint density at radius 1 is 1.09 bits per heavy atom. The number of anilines is 1. The molecule has 0 aliphatic carbocycles. The Hall–Kier alpha value is -2.26. The Kier molecular flexibility index (Phi) is 2.32. The van der Waals surface area contributed by atoms with Gasteiger partial charge in [-0.25, -0.2) is 0 Å². The number of nitrogens with two attached hydrogens (primary N) is 1. The summed E-state index contributed by atoms with van der Waals surface area (Å²) in [4.78, 5) is 3.74. The van der Waals surface area contributed by atoms with Crippen molar-refractivity contribution in [2.45, 2.75) is 24.9 Å². The van der Waals surface area contributed by atoms with Gasteiger partial charge in [-0.1, -0.05) is 36.4 Å². The maximum Gasteiger partial charge on any atom is 0.182 e. The summed E-state index contributed by atoms with van der Waals surface area (Å²) in [5, 5.41) is 7.55. The Bertz CT molecular complexity index is 879. The van der Waals surface area contributed by atoms with Crippen LogP contribution in [0.15, 0.2) is 48.5 Å². The van der Waals surface area contributed by atoms with Crippen molar-refractivity contribution in [3.05, 3.63) is 65.4 Å². The van der Waals surface area contributed by atoms with Crippen molar-refractivity contribution < 1.29 is 5.32 Å². The van der Waals surface area contributed by atoms with Crippen molar-refractivity contribution in [2.24, 2.45) is 0 Å². The first kappa shape index (κ1) is 12.3. The average molecular weight is 290 g/mol. The van der Waals surface area contributed by atoms with Crippen LogP contribution in [0.5, 0.6) is 0 Å². The molecule has 2 aliphatic heterocycles. The quantitative estimate of drug-likeness (QED) is 0.584. The third-order valence-electron chi connectivity index (χ3n) is 5.32. The number of benzene rings is 2. The number of quaternary nitrogens is 1. The molecule has 0 bridgehead atoms. The molecule has 0 radical (unpaired) electrons. The fourth-order valence-corrected chi connectivity index (χ4v) is 4.47. The van der Waals surface area contributed by atoms with Gasteiger partial charge in [0.05, 0.1) is 18.3 Å². The van der Waals surface area contributed by atoms with Gasteiger partial charge >= 0.3 is 0 Å². The number of nitrogens with one attached hydrogen (secondary N) is 2. The van der Waals surface area contributed by atoms with Crippen LogP contribution in [0, 0.1) is 0 Å². The molecule has 3 heterocycles. The van der Waals surface area contributed by atoms with E-state index in [1.54, 1.807) is 0 Å². The molecule has 2 atom stereocenters. The SMILES string of the molecule is C[C@@H]1Cc2c([nH]c3ccccc23)[C@@]2(CNc3ccccc32)[NH2+]1. The van der Waals surface area contributed by atoms with Crippen LogP contribution in [0.4, 0.5) is 5.69 Å². The van der Waals surface area contributed by atoms with Gasteiger partial charge in [0.2, 0.25) is 0 Å². The second-order valence-electron chi connectivity index (χ2n) is 6.74. The minimum atomic E-state index is -0.0113. The van der Waals surface area contributed by atoms with Crippen molar-refractivity contribution in [1.82, 2.24) is 4.98 Å². The van der Waals surface area contributed by atoms with E-state index < -0.39 is 0 Å². The van der Waals surface area contributed by atoms with E-state index in [1.165, 1.54) is 33.4 Å². The summed E-state index contributed by atoms with van der Waals surface area (Å²) >= 11 is 0. The van der Waals surface area contributed by atoms with Crippen LogP contribution in [0.2, 0.25) is 0 Å². The lowest BCUT2D eigenvalue weighted by Gasteiger charge is -2.35. The minimum Gasteiger partial charge on any atom is -0.378 e. The molecule has 1 aromatic heterocycles. The van der Waals surface area contributed by atoms with E-state index in [4.69, 9.17) is 0 Å². The van der Waals surface area contributed by atoms with Crippen LogP contribution in [0.1, 0.15) is 23.7 Å². The van der Waals surface area contributed by atoms with E-state index in [-0.39, 0.29) is 5.54 Å². The highest BCUT2D eigenvalue weighted by molar-refractivity contribution is 5.86. The third-order valence-corrected chi connectivity index (χ3v) is 5.32. The number of rotatable bonds is 0. The number of para-hydroxylation sites is 2. The van der Waals surface area contributed by atoms with Gasteiger partial charge in [-0.2, -0.15) is 0 Å². The second-order valence-corrected chi connectivity index (χ2v) is 6.74. The number of aromatic nitrogens is 1. The minimum absolute atomic E-state index is 0.0113. The van der Waals surface area contributed by atoms with Crippen LogP contribution in [-0.4, -0.2) is 17.6 Å². The topological polar surface area (TPSA) is 44.4 Å². The molecule has 3 heteroatoms. The summed E-state index contributed by atoms with van der Waals surface area (Å²) in [5.41, 5.74) is 6.83. The average Bonchev–Trinajstić information content (AvgIpc) is 3.08. The molecule has 2 aliphatic rings. The van der Waals surface area contributed by atoms with E-state index >= 15 is 0 Å². The van der Waals surface area contributed by atoms with Crippen LogP contribution >= 0.6 is 0 Å². The molecule has 22 heavy (non-hydrogen) atoms. The van der Waals surface area contributed by atoms with Crippen molar-refractivity contribution >= 4 is 16.6 Å². The van der Waals surface area contributed by atoms with Crippen LogP contribution < -0.4 is 10.6 Å². The summed E-state index contributed by atoms with van der Waals surface area (Å²) in [6.45, 7) is 3.30. The number of hydrogen-bond acceptors (Lipinski definition) is 1. The van der Waals surface area contributed by atoms with Gasteiger partial charge in [0, 0.05) is 28.6 Å². The summed E-state index contributed by atoms with van der Waals surface area (Å²) in [7, 11) is 0. The maximum absolute atomic E-state index is 3.74. The fraction of sp³-hybridized carbons (Fsp3) is 0.263. The van der Waals surface area contributed by atoms with Crippen LogP contribution in [0.3, 0.4) is 0 Å². The van der Waals surface area contributed by atoms with Crippen LogP contribution in [0.25, 0.3) is 10.9 Å². The van der Waals surface area contributed by atoms with Crippen molar-refractivity contribution in [2.75, 3.05) is 11.9 Å². The molecule has 110 valence electrons. The van der Waals surface area contributed by atoms with Gasteiger partial charge in [-0.15, -0.1) is 0 Å². The Labute approximate surface area is 129 Å². The molecule has 0 saturated heterocycles. The second kappa shape index (κ2) is 4.14. The van der Waals surface area contributed by atoms with E-state index in [2.05, 4.69) is 71.1 Å². The highest BCUT2D eigenvalue weighted by atomic mass is 15.1. The monoisotopic (exact) mass is 290 g/mol. The lowest BCUT2D eigenvalue weighted by molar-refractivity contribution is -0.753. The van der Waals surface area contributed by atoms with Gasteiger partial charge in [0.25, 0.3) is 0 Å². The van der Waals surface area contributed by atoms with E-state index in [1.807, 2.05) is 0 Å². The molecule has 1 spiro atoms. The Morgan fingerprint density at radius 3 is 2.86 bits per heavy atom.